The monoisotopic (exact) mass is 324 g/mol. The molecule has 0 saturated carbocycles. The van der Waals surface area contributed by atoms with E-state index in [9.17, 15) is 9.59 Å². The van der Waals surface area contributed by atoms with E-state index in [4.69, 9.17) is 0 Å². The van der Waals surface area contributed by atoms with Crippen LogP contribution in [-0.2, 0) is 16.0 Å². The van der Waals surface area contributed by atoms with E-state index in [0.29, 0.717) is 19.3 Å². The lowest BCUT2D eigenvalue weighted by Crippen LogP contribution is -1.97. The van der Waals surface area contributed by atoms with Crippen molar-refractivity contribution in [3.8, 4) is 11.3 Å². The highest BCUT2D eigenvalue weighted by Crippen LogP contribution is 2.25. The molecule has 1 heterocycles. The second-order valence-corrected chi connectivity index (χ2v) is 4.78. The van der Waals surface area contributed by atoms with E-state index in [1.54, 1.807) is 0 Å². The van der Waals surface area contributed by atoms with Gasteiger partial charge in [0.2, 0.25) is 6.41 Å². The SMILES string of the molecule is C/C=C\c1cc(-c2cccc(CCC=O)n2)ccc1NC=O.CC. The van der Waals surface area contributed by atoms with Gasteiger partial charge in [0, 0.05) is 23.4 Å². The minimum atomic E-state index is 0.475. The largest absolute Gasteiger partial charge is 0.328 e. The van der Waals surface area contributed by atoms with E-state index in [0.717, 1.165) is 34.5 Å². The van der Waals surface area contributed by atoms with Gasteiger partial charge in [-0.05, 0) is 43.2 Å². The van der Waals surface area contributed by atoms with Crippen molar-refractivity contribution in [3.05, 3.63) is 53.7 Å². The number of amides is 1. The average Bonchev–Trinajstić information content (AvgIpc) is 2.64. The molecule has 2 rings (SSSR count). The topological polar surface area (TPSA) is 59.1 Å². The van der Waals surface area contributed by atoms with Gasteiger partial charge in [0.25, 0.3) is 0 Å². The van der Waals surface area contributed by atoms with Crippen LogP contribution in [0, 0.1) is 0 Å². The standard InChI is InChI=1S/C18H18N2O2.C2H6/c1-2-5-14-12-15(9-10-17(14)19-13-22)18-8-3-6-16(20-18)7-4-11-21;1-2/h2-3,5-6,8-13H,4,7H2,1H3,(H,19,22);1-2H3/b5-2-;. The predicted octanol–water partition coefficient (Wildman–Crippen LogP) is 4.51. The van der Waals surface area contributed by atoms with Gasteiger partial charge in [-0.25, -0.2) is 0 Å². The van der Waals surface area contributed by atoms with E-state index in [1.165, 1.54) is 0 Å². The van der Waals surface area contributed by atoms with Crippen molar-refractivity contribution in [2.45, 2.75) is 33.6 Å². The summed E-state index contributed by atoms with van der Waals surface area (Å²) in [5.74, 6) is 0. The van der Waals surface area contributed by atoms with Crippen molar-refractivity contribution >= 4 is 24.5 Å². The Morgan fingerprint density at radius 2 is 1.92 bits per heavy atom. The Bertz CT molecular complexity index is 694. The summed E-state index contributed by atoms with van der Waals surface area (Å²) in [6, 6.07) is 11.6. The van der Waals surface area contributed by atoms with E-state index in [1.807, 2.05) is 69.3 Å². The predicted molar refractivity (Wildman–Crippen MR) is 99.8 cm³/mol. The number of aromatic nitrogens is 1. The molecule has 0 radical (unpaired) electrons. The number of hydrogen-bond acceptors (Lipinski definition) is 3. The van der Waals surface area contributed by atoms with Crippen LogP contribution in [-0.4, -0.2) is 17.7 Å². The Balaban J connectivity index is 0.00000139. The number of rotatable bonds is 7. The van der Waals surface area contributed by atoms with Crippen LogP contribution in [0.15, 0.2) is 42.5 Å². The van der Waals surface area contributed by atoms with Crippen molar-refractivity contribution in [1.29, 1.82) is 0 Å². The van der Waals surface area contributed by atoms with Gasteiger partial charge in [-0.15, -0.1) is 0 Å². The molecule has 2 aromatic rings. The van der Waals surface area contributed by atoms with E-state index in [2.05, 4.69) is 10.3 Å². The minimum Gasteiger partial charge on any atom is -0.328 e. The van der Waals surface area contributed by atoms with Gasteiger partial charge < -0.3 is 10.1 Å². The van der Waals surface area contributed by atoms with Crippen LogP contribution < -0.4 is 5.32 Å². The van der Waals surface area contributed by atoms with Gasteiger partial charge in [-0.2, -0.15) is 0 Å². The lowest BCUT2D eigenvalue weighted by molar-refractivity contribution is -0.108. The quantitative estimate of drug-likeness (QED) is 0.762. The normalized spacial score (nSPS) is 9.96. The molecule has 0 unspecified atom stereocenters. The zero-order valence-electron chi connectivity index (χ0n) is 14.5. The summed E-state index contributed by atoms with van der Waals surface area (Å²) in [5, 5.41) is 2.69. The van der Waals surface area contributed by atoms with Crippen molar-refractivity contribution in [3.63, 3.8) is 0 Å². The molecule has 1 aromatic heterocycles. The highest BCUT2D eigenvalue weighted by Gasteiger charge is 2.05. The summed E-state index contributed by atoms with van der Waals surface area (Å²) < 4.78 is 0. The number of aryl methyl sites for hydroxylation is 1. The second kappa shape index (κ2) is 10.9. The van der Waals surface area contributed by atoms with Crippen LogP contribution in [0.2, 0.25) is 0 Å². The van der Waals surface area contributed by atoms with Crippen LogP contribution in [0.5, 0.6) is 0 Å². The number of nitrogens with zero attached hydrogens (tertiary/aromatic N) is 1. The van der Waals surface area contributed by atoms with Crippen LogP contribution in [0.3, 0.4) is 0 Å². The third kappa shape index (κ3) is 5.47. The van der Waals surface area contributed by atoms with Crippen LogP contribution >= 0.6 is 0 Å². The van der Waals surface area contributed by atoms with Gasteiger partial charge in [-0.3, -0.25) is 9.78 Å². The number of nitrogens with one attached hydrogen (secondary N) is 1. The molecule has 0 aliphatic heterocycles. The van der Waals surface area contributed by atoms with Crippen molar-refractivity contribution < 1.29 is 9.59 Å². The number of aldehydes is 1. The molecule has 0 bridgehead atoms. The molecule has 126 valence electrons. The maximum atomic E-state index is 10.7. The Kier molecular flexibility index (Phi) is 8.76. The molecule has 0 aliphatic rings. The molecule has 0 saturated heterocycles. The van der Waals surface area contributed by atoms with Crippen LogP contribution in [0.25, 0.3) is 17.3 Å². The third-order valence-corrected chi connectivity index (χ3v) is 3.23. The first kappa shape index (κ1) is 19.3. The number of benzene rings is 1. The minimum absolute atomic E-state index is 0.475. The highest BCUT2D eigenvalue weighted by atomic mass is 16.1. The summed E-state index contributed by atoms with van der Waals surface area (Å²) >= 11 is 0. The molecule has 1 aromatic carbocycles. The van der Waals surface area contributed by atoms with Gasteiger partial charge in [-0.1, -0.05) is 38.1 Å². The molecule has 1 amide bonds. The summed E-state index contributed by atoms with van der Waals surface area (Å²) in [7, 11) is 0. The smallest absolute Gasteiger partial charge is 0.211 e. The van der Waals surface area contributed by atoms with Crippen LogP contribution in [0.1, 0.15) is 38.4 Å². The number of hydrogen-bond donors (Lipinski definition) is 1. The first-order valence-electron chi connectivity index (χ1n) is 8.15. The van der Waals surface area contributed by atoms with E-state index >= 15 is 0 Å². The summed E-state index contributed by atoms with van der Waals surface area (Å²) in [6.07, 6.45) is 6.54. The fraction of sp³-hybridized carbons (Fsp3) is 0.250. The molecule has 0 aliphatic carbocycles. The molecule has 24 heavy (non-hydrogen) atoms. The second-order valence-electron chi connectivity index (χ2n) is 4.78. The Hall–Kier alpha value is -2.75. The third-order valence-electron chi connectivity index (χ3n) is 3.23. The van der Waals surface area contributed by atoms with Crippen molar-refractivity contribution in [2.24, 2.45) is 0 Å². The van der Waals surface area contributed by atoms with Gasteiger partial charge in [0.15, 0.2) is 0 Å². The highest BCUT2D eigenvalue weighted by molar-refractivity contribution is 5.81. The first-order valence-corrected chi connectivity index (χ1v) is 8.15. The Labute approximate surface area is 143 Å². The summed E-state index contributed by atoms with van der Waals surface area (Å²) in [4.78, 5) is 25.7. The van der Waals surface area contributed by atoms with Crippen LogP contribution in [0.4, 0.5) is 5.69 Å². The molecule has 4 nitrogen and oxygen atoms in total. The zero-order chi connectivity index (χ0) is 17.8. The van der Waals surface area contributed by atoms with Gasteiger partial charge in [0.05, 0.1) is 5.69 Å². The number of carbonyl (C=O) groups excluding carboxylic acids is 2. The molecule has 1 N–H and O–H groups in total. The maximum absolute atomic E-state index is 10.7. The fourth-order valence-corrected chi connectivity index (χ4v) is 2.22. The average molecular weight is 324 g/mol. The van der Waals surface area contributed by atoms with Gasteiger partial charge in [0.1, 0.15) is 6.29 Å². The van der Waals surface area contributed by atoms with Gasteiger partial charge >= 0.3 is 0 Å². The summed E-state index contributed by atoms with van der Waals surface area (Å²) in [5.41, 5.74) is 4.40. The molecular formula is C20H24N2O2. The number of carbonyl (C=O) groups is 2. The lowest BCUT2D eigenvalue weighted by Gasteiger charge is -2.09. The number of anilines is 1. The summed E-state index contributed by atoms with van der Waals surface area (Å²) in [6.45, 7) is 5.93. The Morgan fingerprint density at radius 1 is 1.12 bits per heavy atom. The molecule has 0 atom stereocenters. The first-order chi connectivity index (χ1) is 11.8. The van der Waals surface area contributed by atoms with Crippen molar-refractivity contribution in [2.75, 3.05) is 5.32 Å². The maximum Gasteiger partial charge on any atom is 0.211 e. The van der Waals surface area contributed by atoms with Crippen molar-refractivity contribution in [1.82, 2.24) is 4.98 Å². The molecule has 4 heteroatoms. The lowest BCUT2D eigenvalue weighted by atomic mass is 10.0. The molecular weight excluding hydrogens is 300 g/mol. The molecule has 0 fully saturated rings. The fourth-order valence-electron chi connectivity index (χ4n) is 2.22. The number of allylic oxidation sites excluding steroid dienone is 1. The molecule has 0 spiro atoms. The van der Waals surface area contributed by atoms with E-state index < -0.39 is 0 Å². The van der Waals surface area contributed by atoms with E-state index in [-0.39, 0.29) is 0 Å². The zero-order valence-corrected chi connectivity index (χ0v) is 14.5. The Morgan fingerprint density at radius 3 is 2.58 bits per heavy atom. The number of pyridine rings is 1.